The minimum Gasteiger partial charge on any atom is -0.294 e. The fraction of sp³-hybridized carbons (Fsp3) is 0.444. The third kappa shape index (κ3) is 1.72. The predicted molar refractivity (Wildman–Crippen MR) is 61.9 cm³/mol. The zero-order valence-electron chi connectivity index (χ0n) is 7.22. The molecule has 2 heterocycles. The number of carbonyl (C=O) groups excluding carboxylic acids is 1. The van der Waals surface area contributed by atoms with Crippen molar-refractivity contribution in [1.29, 1.82) is 0 Å². The molecule has 1 aromatic heterocycles. The van der Waals surface area contributed by atoms with Crippen molar-refractivity contribution in [2.75, 3.05) is 5.75 Å². The SMILES string of the molecule is CC(=O)c1sc2c(c1Br)CSCC2. The number of rotatable bonds is 1. The van der Waals surface area contributed by atoms with E-state index in [2.05, 4.69) is 15.9 Å². The Morgan fingerprint density at radius 1 is 1.54 bits per heavy atom. The van der Waals surface area contributed by atoms with Gasteiger partial charge in [0.25, 0.3) is 0 Å². The van der Waals surface area contributed by atoms with Gasteiger partial charge in [0.15, 0.2) is 5.78 Å². The number of ketones is 1. The fourth-order valence-electron chi connectivity index (χ4n) is 1.40. The van der Waals surface area contributed by atoms with Crippen LogP contribution in [0.15, 0.2) is 4.47 Å². The largest absolute Gasteiger partial charge is 0.294 e. The Labute approximate surface area is 94.0 Å². The Morgan fingerprint density at radius 3 is 2.92 bits per heavy atom. The Morgan fingerprint density at radius 2 is 2.31 bits per heavy atom. The van der Waals surface area contributed by atoms with Crippen LogP contribution >= 0.6 is 39.0 Å². The summed E-state index contributed by atoms with van der Waals surface area (Å²) < 4.78 is 1.05. The molecule has 0 aromatic carbocycles. The number of halogens is 1. The van der Waals surface area contributed by atoms with Gasteiger partial charge in [0.2, 0.25) is 0 Å². The molecule has 70 valence electrons. The summed E-state index contributed by atoms with van der Waals surface area (Å²) in [5.41, 5.74) is 1.35. The lowest BCUT2D eigenvalue weighted by molar-refractivity contribution is 0.102. The standard InChI is InChI=1S/C9H9BrOS2/c1-5(11)9-8(10)6-4-12-3-2-7(6)13-9/h2-4H2,1H3. The summed E-state index contributed by atoms with van der Waals surface area (Å²) in [4.78, 5) is 13.6. The first-order valence-corrected chi connectivity index (χ1v) is 6.85. The fourth-order valence-corrected chi connectivity index (χ4v) is 4.96. The van der Waals surface area contributed by atoms with Gasteiger partial charge in [-0.15, -0.1) is 11.3 Å². The Bertz CT molecular complexity index is 357. The van der Waals surface area contributed by atoms with E-state index in [0.717, 1.165) is 21.5 Å². The molecule has 0 spiro atoms. The minimum atomic E-state index is 0.177. The van der Waals surface area contributed by atoms with Crippen LogP contribution in [0.4, 0.5) is 0 Å². The quantitative estimate of drug-likeness (QED) is 0.731. The van der Waals surface area contributed by atoms with E-state index in [1.165, 1.54) is 16.2 Å². The number of fused-ring (bicyclic) bond motifs is 1. The smallest absolute Gasteiger partial charge is 0.170 e. The predicted octanol–water partition coefficient (Wildman–Crippen LogP) is 3.50. The summed E-state index contributed by atoms with van der Waals surface area (Å²) in [6.45, 7) is 1.63. The van der Waals surface area contributed by atoms with Gasteiger partial charge in [-0.25, -0.2) is 0 Å². The van der Waals surface area contributed by atoms with Gasteiger partial charge >= 0.3 is 0 Å². The monoisotopic (exact) mass is 276 g/mol. The van der Waals surface area contributed by atoms with Gasteiger partial charge in [0.05, 0.1) is 4.88 Å². The van der Waals surface area contributed by atoms with Gasteiger partial charge in [-0.2, -0.15) is 11.8 Å². The summed E-state index contributed by atoms with van der Waals surface area (Å²) in [6.07, 6.45) is 1.12. The van der Waals surface area contributed by atoms with Crippen molar-refractivity contribution in [1.82, 2.24) is 0 Å². The zero-order valence-corrected chi connectivity index (χ0v) is 10.4. The molecule has 1 aliphatic heterocycles. The molecule has 0 fully saturated rings. The van der Waals surface area contributed by atoms with Gasteiger partial charge in [-0.1, -0.05) is 0 Å². The molecule has 4 heteroatoms. The second-order valence-electron chi connectivity index (χ2n) is 3.01. The molecule has 0 bridgehead atoms. The molecule has 0 saturated carbocycles. The third-order valence-electron chi connectivity index (χ3n) is 2.07. The zero-order chi connectivity index (χ0) is 9.42. The van der Waals surface area contributed by atoms with Crippen LogP contribution < -0.4 is 0 Å². The lowest BCUT2D eigenvalue weighted by Crippen LogP contribution is -1.97. The first-order chi connectivity index (χ1) is 6.20. The lowest BCUT2D eigenvalue weighted by Gasteiger charge is -2.09. The molecule has 0 unspecified atom stereocenters. The highest BCUT2D eigenvalue weighted by atomic mass is 79.9. The number of hydrogen-bond acceptors (Lipinski definition) is 3. The van der Waals surface area contributed by atoms with Crippen LogP contribution in [0.1, 0.15) is 27.0 Å². The van der Waals surface area contributed by atoms with Crippen LogP contribution in [0.3, 0.4) is 0 Å². The van der Waals surface area contributed by atoms with Crippen LogP contribution in [0.2, 0.25) is 0 Å². The highest BCUT2D eigenvalue weighted by Crippen LogP contribution is 2.39. The van der Waals surface area contributed by atoms with Crippen molar-refractivity contribution in [2.45, 2.75) is 19.1 Å². The number of Topliss-reactive ketones (excluding diaryl/α,β-unsaturated/α-hetero) is 1. The van der Waals surface area contributed by atoms with Crippen LogP contribution in [-0.2, 0) is 12.2 Å². The number of hydrogen-bond donors (Lipinski definition) is 0. The molecule has 1 aromatic rings. The van der Waals surface area contributed by atoms with E-state index in [0.29, 0.717) is 0 Å². The maximum atomic E-state index is 11.3. The van der Waals surface area contributed by atoms with Crippen molar-refractivity contribution in [3.8, 4) is 0 Å². The van der Waals surface area contributed by atoms with E-state index in [4.69, 9.17) is 0 Å². The molecular weight excluding hydrogens is 268 g/mol. The number of thiophene rings is 1. The Hall–Kier alpha value is 0.200. The van der Waals surface area contributed by atoms with Gasteiger partial charge in [0, 0.05) is 15.1 Å². The van der Waals surface area contributed by atoms with Crippen LogP contribution in [-0.4, -0.2) is 11.5 Å². The van der Waals surface area contributed by atoms with E-state index >= 15 is 0 Å². The average Bonchev–Trinajstić information content (AvgIpc) is 2.45. The van der Waals surface area contributed by atoms with Crippen molar-refractivity contribution >= 4 is 44.8 Å². The van der Waals surface area contributed by atoms with E-state index < -0.39 is 0 Å². The summed E-state index contributed by atoms with van der Waals surface area (Å²) in [5.74, 6) is 2.42. The van der Waals surface area contributed by atoms with Gasteiger partial charge < -0.3 is 0 Å². The van der Waals surface area contributed by atoms with E-state index in [1.54, 1.807) is 18.3 Å². The molecule has 0 N–H and O–H groups in total. The van der Waals surface area contributed by atoms with E-state index in [9.17, 15) is 4.79 Å². The average molecular weight is 277 g/mol. The normalized spacial score (nSPS) is 15.5. The maximum Gasteiger partial charge on any atom is 0.170 e. The lowest BCUT2D eigenvalue weighted by atomic mass is 10.2. The number of aryl methyl sites for hydroxylation is 1. The summed E-state index contributed by atoms with van der Waals surface area (Å²) >= 11 is 7.12. The third-order valence-corrected chi connectivity index (χ3v) is 5.58. The summed E-state index contributed by atoms with van der Waals surface area (Å²) in [7, 11) is 0. The van der Waals surface area contributed by atoms with Crippen LogP contribution in [0.5, 0.6) is 0 Å². The molecule has 13 heavy (non-hydrogen) atoms. The minimum absolute atomic E-state index is 0.177. The molecule has 1 aliphatic rings. The Kier molecular flexibility index (Phi) is 2.81. The highest BCUT2D eigenvalue weighted by Gasteiger charge is 2.20. The van der Waals surface area contributed by atoms with Crippen molar-refractivity contribution in [3.05, 3.63) is 19.8 Å². The van der Waals surface area contributed by atoms with Gasteiger partial charge in [-0.3, -0.25) is 4.79 Å². The highest BCUT2D eigenvalue weighted by molar-refractivity contribution is 9.10. The first kappa shape index (κ1) is 9.74. The maximum absolute atomic E-state index is 11.3. The van der Waals surface area contributed by atoms with Crippen molar-refractivity contribution < 1.29 is 4.79 Å². The Balaban J connectivity index is 2.50. The molecule has 0 atom stereocenters. The van der Waals surface area contributed by atoms with E-state index in [1.807, 2.05) is 11.8 Å². The molecule has 0 amide bonds. The van der Waals surface area contributed by atoms with Crippen LogP contribution in [0, 0.1) is 0 Å². The van der Waals surface area contributed by atoms with Gasteiger partial charge in [-0.05, 0) is 40.6 Å². The summed E-state index contributed by atoms with van der Waals surface area (Å²) in [6, 6.07) is 0. The number of carbonyl (C=O) groups is 1. The second kappa shape index (κ2) is 3.75. The topological polar surface area (TPSA) is 17.1 Å². The molecule has 1 nitrogen and oxygen atoms in total. The molecule has 0 radical (unpaired) electrons. The van der Waals surface area contributed by atoms with E-state index in [-0.39, 0.29) is 5.78 Å². The molecular formula is C9H9BrOS2. The molecule has 0 aliphatic carbocycles. The van der Waals surface area contributed by atoms with Gasteiger partial charge in [0.1, 0.15) is 0 Å². The second-order valence-corrected chi connectivity index (χ2v) is 6.01. The number of thioether (sulfide) groups is 1. The van der Waals surface area contributed by atoms with Crippen LogP contribution in [0.25, 0.3) is 0 Å². The summed E-state index contributed by atoms with van der Waals surface area (Å²) in [5, 5.41) is 0. The first-order valence-electron chi connectivity index (χ1n) is 4.09. The molecule has 0 saturated heterocycles. The van der Waals surface area contributed by atoms with Crippen molar-refractivity contribution in [2.24, 2.45) is 0 Å². The van der Waals surface area contributed by atoms with Crippen molar-refractivity contribution in [3.63, 3.8) is 0 Å². The molecule has 2 rings (SSSR count).